The third-order valence-electron chi connectivity index (χ3n) is 1.80. The number of furan rings is 1. The van der Waals surface area contributed by atoms with Gasteiger partial charge in [0.2, 0.25) is 5.78 Å². The molecule has 0 bridgehead atoms. The van der Waals surface area contributed by atoms with Crippen LogP contribution in [0.5, 0.6) is 0 Å². The highest BCUT2D eigenvalue weighted by Crippen LogP contribution is 2.15. The lowest BCUT2D eigenvalue weighted by atomic mass is 10.2. The second-order valence-electron chi connectivity index (χ2n) is 3.36. The monoisotopic (exact) mass is 255 g/mol. The Labute approximate surface area is 104 Å². The van der Waals surface area contributed by atoms with Crippen LogP contribution in [-0.4, -0.2) is 34.9 Å². The summed E-state index contributed by atoms with van der Waals surface area (Å²) in [6, 6.07) is 3.31. The Hall–Kier alpha value is -1.07. The van der Waals surface area contributed by atoms with Gasteiger partial charge in [0.05, 0.1) is 6.26 Å². The molecule has 0 aliphatic heterocycles. The normalized spacial score (nSPS) is 9.88. The number of hydrogen-bond acceptors (Lipinski definition) is 4. The van der Waals surface area contributed by atoms with E-state index in [0.717, 1.165) is 4.32 Å². The molecule has 0 saturated heterocycles. The first kappa shape index (κ1) is 13.0. The van der Waals surface area contributed by atoms with E-state index in [1.54, 1.807) is 12.1 Å². The first-order chi connectivity index (χ1) is 7.52. The van der Waals surface area contributed by atoms with Crippen LogP contribution in [0.4, 0.5) is 0 Å². The van der Waals surface area contributed by atoms with Crippen LogP contribution in [0, 0.1) is 0 Å². The van der Waals surface area contributed by atoms with Crippen molar-refractivity contribution in [1.82, 2.24) is 4.90 Å². The molecule has 3 nitrogen and oxygen atoms in total. The second-order valence-corrected chi connectivity index (χ2v) is 4.97. The molecule has 86 valence electrons. The predicted octanol–water partition coefficient (Wildman–Crippen LogP) is 2.60. The lowest BCUT2D eigenvalue weighted by molar-refractivity contribution is 0.101. The van der Waals surface area contributed by atoms with Gasteiger partial charge in [-0.3, -0.25) is 4.79 Å². The van der Waals surface area contributed by atoms with Crippen LogP contribution in [0.25, 0.3) is 0 Å². The fourth-order valence-corrected chi connectivity index (χ4v) is 1.79. The largest absolute Gasteiger partial charge is 0.461 e. The van der Waals surface area contributed by atoms with Crippen molar-refractivity contribution in [3.63, 3.8) is 0 Å². The standard InChI is InChI=1S/C11H13NO2S2/c1-8(7-16-11(15)12(2)3)10(13)9-5-4-6-14-9/h4-6H,1,7H2,2-3H3. The highest BCUT2D eigenvalue weighted by Gasteiger charge is 2.13. The number of ketones is 1. The lowest BCUT2D eigenvalue weighted by Gasteiger charge is -2.12. The molecular weight excluding hydrogens is 242 g/mol. The summed E-state index contributed by atoms with van der Waals surface area (Å²) in [6.07, 6.45) is 1.47. The quantitative estimate of drug-likeness (QED) is 0.469. The number of hydrogen-bond donors (Lipinski definition) is 0. The van der Waals surface area contributed by atoms with Crippen molar-refractivity contribution < 1.29 is 9.21 Å². The molecule has 0 aliphatic rings. The highest BCUT2D eigenvalue weighted by molar-refractivity contribution is 8.23. The number of thiocarbonyl (C=S) groups is 1. The van der Waals surface area contributed by atoms with Gasteiger partial charge in [0, 0.05) is 25.4 Å². The van der Waals surface area contributed by atoms with Gasteiger partial charge >= 0.3 is 0 Å². The third kappa shape index (κ3) is 3.50. The summed E-state index contributed by atoms with van der Waals surface area (Å²) in [5.41, 5.74) is 0.490. The van der Waals surface area contributed by atoms with Gasteiger partial charge in [0.1, 0.15) is 4.32 Å². The highest BCUT2D eigenvalue weighted by atomic mass is 32.2. The molecule has 0 amide bonds. The molecule has 0 fully saturated rings. The van der Waals surface area contributed by atoms with Crippen molar-refractivity contribution >= 4 is 34.1 Å². The van der Waals surface area contributed by atoms with Crippen molar-refractivity contribution in [3.05, 3.63) is 36.3 Å². The zero-order valence-corrected chi connectivity index (χ0v) is 10.9. The van der Waals surface area contributed by atoms with Gasteiger partial charge in [-0.05, 0) is 12.1 Å². The fourth-order valence-electron chi connectivity index (χ4n) is 0.925. The lowest BCUT2D eigenvalue weighted by Crippen LogP contribution is -2.17. The van der Waals surface area contributed by atoms with E-state index in [9.17, 15) is 4.79 Å². The van der Waals surface area contributed by atoms with E-state index >= 15 is 0 Å². The van der Waals surface area contributed by atoms with Gasteiger partial charge in [-0.25, -0.2) is 0 Å². The van der Waals surface area contributed by atoms with Crippen LogP contribution < -0.4 is 0 Å². The van der Waals surface area contributed by atoms with Gasteiger partial charge in [-0.15, -0.1) is 0 Å². The molecule has 0 atom stereocenters. The van der Waals surface area contributed by atoms with E-state index < -0.39 is 0 Å². The molecule has 1 aromatic heterocycles. The van der Waals surface area contributed by atoms with Crippen molar-refractivity contribution in [2.45, 2.75) is 0 Å². The molecular formula is C11H13NO2S2. The molecule has 16 heavy (non-hydrogen) atoms. The van der Waals surface area contributed by atoms with E-state index in [2.05, 4.69) is 6.58 Å². The Bertz CT molecular complexity index is 396. The summed E-state index contributed by atoms with van der Waals surface area (Å²) in [4.78, 5) is 13.5. The Morgan fingerprint density at radius 3 is 2.81 bits per heavy atom. The molecule has 0 radical (unpaired) electrons. The summed E-state index contributed by atoms with van der Waals surface area (Å²) in [7, 11) is 3.74. The van der Waals surface area contributed by atoms with Crippen LogP contribution in [0.2, 0.25) is 0 Å². The molecule has 0 N–H and O–H groups in total. The number of carbonyl (C=O) groups excluding carboxylic acids is 1. The van der Waals surface area contributed by atoms with Crippen LogP contribution in [-0.2, 0) is 0 Å². The number of thioether (sulfide) groups is 1. The SMILES string of the molecule is C=C(CSC(=S)N(C)C)C(=O)c1ccco1. The molecule has 0 aromatic carbocycles. The zero-order chi connectivity index (χ0) is 12.1. The summed E-state index contributed by atoms with van der Waals surface area (Å²) >= 11 is 6.51. The maximum absolute atomic E-state index is 11.7. The Morgan fingerprint density at radius 2 is 2.31 bits per heavy atom. The van der Waals surface area contributed by atoms with Crippen LogP contribution >= 0.6 is 24.0 Å². The minimum atomic E-state index is -0.168. The Morgan fingerprint density at radius 1 is 1.62 bits per heavy atom. The van der Waals surface area contributed by atoms with Crippen molar-refractivity contribution in [3.8, 4) is 0 Å². The van der Waals surface area contributed by atoms with E-state index in [1.165, 1.54) is 18.0 Å². The van der Waals surface area contributed by atoms with Crippen LogP contribution in [0.1, 0.15) is 10.6 Å². The molecule has 1 aromatic rings. The zero-order valence-electron chi connectivity index (χ0n) is 9.23. The summed E-state index contributed by atoms with van der Waals surface area (Å²) < 4.78 is 5.74. The summed E-state index contributed by atoms with van der Waals surface area (Å²) in [6.45, 7) is 3.73. The van der Waals surface area contributed by atoms with Gasteiger partial charge in [-0.1, -0.05) is 30.6 Å². The Balaban J connectivity index is 2.48. The number of Topliss-reactive ketones (excluding diaryl/α,β-unsaturated/α-hetero) is 1. The maximum Gasteiger partial charge on any atom is 0.224 e. The molecule has 0 unspecified atom stereocenters. The molecule has 0 aliphatic carbocycles. The van der Waals surface area contributed by atoms with E-state index in [1.807, 2.05) is 19.0 Å². The average molecular weight is 255 g/mol. The molecule has 0 saturated carbocycles. The first-order valence-electron chi connectivity index (χ1n) is 4.62. The van der Waals surface area contributed by atoms with Crippen LogP contribution in [0.3, 0.4) is 0 Å². The Kier molecular flexibility index (Phi) is 4.76. The maximum atomic E-state index is 11.7. The molecule has 1 rings (SSSR count). The summed E-state index contributed by atoms with van der Waals surface area (Å²) in [5.74, 6) is 0.636. The number of carbonyl (C=O) groups is 1. The number of rotatable bonds is 4. The second kappa shape index (κ2) is 5.86. The van der Waals surface area contributed by atoms with E-state index in [-0.39, 0.29) is 5.78 Å². The molecule has 1 heterocycles. The average Bonchev–Trinajstić information content (AvgIpc) is 2.77. The van der Waals surface area contributed by atoms with Gasteiger partial charge in [0.25, 0.3) is 0 Å². The van der Waals surface area contributed by atoms with Gasteiger partial charge in [0.15, 0.2) is 5.76 Å². The van der Waals surface area contributed by atoms with Crippen molar-refractivity contribution in [1.29, 1.82) is 0 Å². The van der Waals surface area contributed by atoms with E-state index in [4.69, 9.17) is 16.6 Å². The van der Waals surface area contributed by atoms with E-state index in [0.29, 0.717) is 17.1 Å². The smallest absolute Gasteiger partial charge is 0.224 e. The third-order valence-corrected chi connectivity index (χ3v) is 3.62. The van der Waals surface area contributed by atoms with Crippen molar-refractivity contribution in [2.24, 2.45) is 0 Å². The van der Waals surface area contributed by atoms with Crippen molar-refractivity contribution in [2.75, 3.05) is 19.8 Å². The van der Waals surface area contributed by atoms with Gasteiger partial charge < -0.3 is 9.32 Å². The number of nitrogens with zero attached hydrogens (tertiary/aromatic N) is 1. The predicted molar refractivity (Wildman–Crippen MR) is 70.9 cm³/mol. The van der Waals surface area contributed by atoms with Crippen LogP contribution in [0.15, 0.2) is 35.0 Å². The van der Waals surface area contributed by atoms with Gasteiger partial charge in [-0.2, -0.15) is 0 Å². The fraction of sp³-hybridized carbons (Fsp3) is 0.273. The molecule has 5 heteroatoms. The minimum Gasteiger partial charge on any atom is -0.461 e. The topological polar surface area (TPSA) is 33.5 Å². The molecule has 0 spiro atoms. The summed E-state index contributed by atoms with van der Waals surface area (Å²) in [5, 5.41) is 0. The minimum absolute atomic E-state index is 0.168. The first-order valence-corrected chi connectivity index (χ1v) is 6.02.